The van der Waals surface area contributed by atoms with E-state index in [0.717, 1.165) is 32.5 Å². The molecule has 0 aromatic heterocycles. The van der Waals surface area contributed by atoms with Crippen LogP contribution in [-0.4, -0.2) is 53.8 Å². The lowest BCUT2D eigenvalue weighted by molar-refractivity contribution is -0.134. The molecule has 0 spiro atoms. The molecule has 2 aliphatic rings. The smallest absolute Gasteiger partial charge is 0.222 e. The molecule has 0 aromatic carbocycles. The first-order valence-electron chi connectivity index (χ1n) is 6.89. The molecule has 17 heavy (non-hydrogen) atoms. The third-order valence-electron chi connectivity index (χ3n) is 3.96. The van der Waals surface area contributed by atoms with Gasteiger partial charge < -0.3 is 4.90 Å². The molecule has 0 bridgehead atoms. The number of fused-ring (bicyclic) bond motifs is 1. The van der Waals surface area contributed by atoms with Gasteiger partial charge in [0.25, 0.3) is 0 Å². The van der Waals surface area contributed by atoms with Crippen LogP contribution in [0.15, 0.2) is 0 Å². The van der Waals surface area contributed by atoms with Gasteiger partial charge in [-0.25, -0.2) is 0 Å². The third-order valence-corrected chi connectivity index (χ3v) is 4.23. The second-order valence-electron chi connectivity index (χ2n) is 5.17. The molecule has 0 aliphatic carbocycles. The maximum atomic E-state index is 12.0. The lowest BCUT2D eigenvalue weighted by Gasteiger charge is -2.44. The van der Waals surface area contributed by atoms with Crippen LogP contribution in [0.3, 0.4) is 0 Å². The van der Waals surface area contributed by atoms with Gasteiger partial charge >= 0.3 is 0 Å². The van der Waals surface area contributed by atoms with Gasteiger partial charge in [-0.05, 0) is 32.2 Å². The number of alkyl halides is 1. The minimum absolute atomic E-state index is 0.334. The summed E-state index contributed by atoms with van der Waals surface area (Å²) >= 11 is 5.63. The van der Waals surface area contributed by atoms with Gasteiger partial charge in [-0.2, -0.15) is 0 Å². The number of halogens is 1. The van der Waals surface area contributed by atoms with E-state index in [9.17, 15) is 4.79 Å². The Morgan fingerprint density at radius 1 is 1.18 bits per heavy atom. The number of piperidine rings is 1. The predicted molar refractivity (Wildman–Crippen MR) is 70.4 cm³/mol. The van der Waals surface area contributed by atoms with Crippen molar-refractivity contribution in [2.75, 3.05) is 32.1 Å². The molecule has 4 heteroatoms. The second-order valence-corrected chi connectivity index (χ2v) is 5.55. The molecule has 2 rings (SSSR count). The molecule has 1 atom stereocenters. The third kappa shape index (κ3) is 3.59. The first-order chi connectivity index (χ1) is 8.31. The Labute approximate surface area is 109 Å². The first-order valence-corrected chi connectivity index (χ1v) is 7.42. The molecule has 0 saturated carbocycles. The summed E-state index contributed by atoms with van der Waals surface area (Å²) in [5.74, 6) is 1.00. The Balaban J connectivity index is 1.76. The van der Waals surface area contributed by atoms with E-state index >= 15 is 0 Å². The topological polar surface area (TPSA) is 23.6 Å². The van der Waals surface area contributed by atoms with Crippen molar-refractivity contribution in [3.05, 3.63) is 0 Å². The van der Waals surface area contributed by atoms with Crippen molar-refractivity contribution < 1.29 is 4.79 Å². The molecule has 2 saturated heterocycles. The summed E-state index contributed by atoms with van der Waals surface area (Å²) in [6.45, 7) is 4.20. The average Bonchev–Trinajstić information content (AvgIpc) is 2.38. The predicted octanol–water partition coefficient (Wildman–Crippen LogP) is 2.09. The summed E-state index contributed by atoms with van der Waals surface area (Å²) in [6.07, 6.45) is 6.50. The Morgan fingerprint density at radius 2 is 2.06 bits per heavy atom. The SMILES string of the molecule is O=C(CCCCCl)N1CCN2CCCCC2C1. The van der Waals surface area contributed by atoms with Crippen molar-refractivity contribution in [2.45, 2.75) is 44.6 Å². The second kappa shape index (κ2) is 6.60. The Kier molecular flexibility index (Phi) is 5.11. The van der Waals surface area contributed by atoms with Crippen LogP contribution in [-0.2, 0) is 4.79 Å². The standard InChI is InChI=1S/C13H23ClN2O/c14-7-3-1-6-13(17)16-10-9-15-8-4-2-5-12(15)11-16/h12H,1-11H2. The van der Waals surface area contributed by atoms with E-state index in [-0.39, 0.29) is 0 Å². The molecule has 1 unspecified atom stereocenters. The van der Waals surface area contributed by atoms with Crippen LogP contribution >= 0.6 is 11.6 Å². The van der Waals surface area contributed by atoms with Crippen LogP contribution < -0.4 is 0 Å². The molecule has 2 heterocycles. The summed E-state index contributed by atoms with van der Waals surface area (Å²) in [6, 6.07) is 0.634. The van der Waals surface area contributed by atoms with Gasteiger partial charge in [0.15, 0.2) is 0 Å². The fraction of sp³-hybridized carbons (Fsp3) is 0.923. The number of nitrogens with zero attached hydrogens (tertiary/aromatic N) is 2. The molecule has 1 amide bonds. The molecule has 0 aromatic rings. The fourth-order valence-electron chi connectivity index (χ4n) is 2.91. The molecule has 2 fully saturated rings. The highest BCUT2D eigenvalue weighted by Crippen LogP contribution is 2.21. The zero-order chi connectivity index (χ0) is 12.1. The molecular formula is C13H23ClN2O. The minimum atomic E-state index is 0.334. The lowest BCUT2D eigenvalue weighted by atomic mass is 9.99. The van der Waals surface area contributed by atoms with Gasteiger partial charge in [-0.3, -0.25) is 9.69 Å². The maximum Gasteiger partial charge on any atom is 0.222 e. The normalized spacial score (nSPS) is 25.7. The average molecular weight is 259 g/mol. The van der Waals surface area contributed by atoms with Crippen molar-refractivity contribution in [1.29, 1.82) is 0 Å². The van der Waals surface area contributed by atoms with Crippen LogP contribution in [0.2, 0.25) is 0 Å². The number of hydrogen-bond acceptors (Lipinski definition) is 2. The molecule has 3 nitrogen and oxygen atoms in total. The Bertz CT molecular complexity index is 260. The maximum absolute atomic E-state index is 12.0. The summed E-state index contributed by atoms with van der Waals surface area (Å²) in [5.41, 5.74) is 0. The highest BCUT2D eigenvalue weighted by Gasteiger charge is 2.30. The van der Waals surface area contributed by atoms with E-state index in [0.29, 0.717) is 24.2 Å². The van der Waals surface area contributed by atoms with Gasteiger partial charge in [0.1, 0.15) is 0 Å². The summed E-state index contributed by atoms with van der Waals surface area (Å²) < 4.78 is 0. The number of piperazine rings is 1. The van der Waals surface area contributed by atoms with E-state index in [4.69, 9.17) is 11.6 Å². The van der Waals surface area contributed by atoms with Gasteiger partial charge in [0.2, 0.25) is 5.91 Å². The molecule has 98 valence electrons. The number of rotatable bonds is 4. The summed E-state index contributed by atoms with van der Waals surface area (Å²) in [4.78, 5) is 16.6. The van der Waals surface area contributed by atoms with E-state index < -0.39 is 0 Å². The summed E-state index contributed by atoms with van der Waals surface area (Å²) in [5, 5.41) is 0. The highest BCUT2D eigenvalue weighted by atomic mass is 35.5. The van der Waals surface area contributed by atoms with Crippen LogP contribution in [0.4, 0.5) is 0 Å². The lowest BCUT2D eigenvalue weighted by Crippen LogP contribution is -2.56. The molecule has 2 aliphatic heterocycles. The van der Waals surface area contributed by atoms with E-state index in [1.165, 1.54) is 25.8 Å². The van der Waals surface area contributed by atoms with Crippen molar-refractivity contribution in [3.8, 4) is 0 Å². The van der Waals surface area contributed by atoms with Crippen molar-refractivity contribution >= 4 is 17.5 Å². The number of unbranched alkanes of at least 4 members (excludes halogenated alkanes) is 1. The largest absolute Gasteiger partial charge is 0.340 e. The van der Waals surface area contributed by atoms with Gasteiger partial charge in [0.05, 0.1) is 0 Å². The fourth-order valence-corrected chi connectivity index (χ4v) is 3.10. The number of carbonyl (C=O) groups is 1. The van der Waals surface area contributed by atoms with Crippen LogP contribution in [0.25, 0.3) is 0 Å². The van der Waals surface area contributed by atoms with Crippen molar-refractivity contribution in [1.82, 2.24) is 9.80 Å². The van der Waals surface area contributed by atoms with Gasteiger partial charge in [-0.15, -0.1) is 11.6 Å². The van der Waals surface area contributed by atoms with Crippen molar-refractivity contribution in [3.63, 3.8) is 0 Å². The first kappa shape index (κ1) is 13.2. The zero-order valence-corrected chi connectivity index (χ0v) is 11.3. The monoisotopic (exact) mass is 258 g/mol. The van der Waals surface area contributed by atoms with Crippen LogP contribution in [0.1, 0.15) is 38.5 Å². The van der Waals surface area contributed by atoms with Crippen molar-refractivity contribution in [2.24, 2.45) is 0 Å². The number of hydrogen-bond donors (Lipinski definition) is 0. The van der Waals surface area contributed by atoms with Gasteiger partial charge in [0, 0.05) is 38.0 Å². The molecule has 0 radical (unpaired) electrons. The van der Waals surface area contributed by atoms with E-state index in [1.54, 1.807) is 0 Å². The number of amides is 1. The highest BCUT2D eigenvalue weighted by molar-refractivity contribution is 6.17. The zero-order valence-electron chi connectivity index (χ0n) is 10.5. The minimum Gasteiger partial charge on any atom is -0.340 e. The Hall–Kier alpha value is -0.280. The quantitative estimate of drug-likeness (QED) is 0.570. The van der Waals surface area contributed by atoms with Crippen LogP contribution in [0, 0.1) is 0 Å². The summed E-state index contributed by atoms with van der Waals surface area (Å²) in [7, 11) is 0. The van der Waals surface area contributed by atoms with E-state index in [2.05, 4.69) is 9.80 Å². The number of carbonyl (C=O) groups excluding carboxylic acids is 1. The molecular weight excluding hydrogens is 236 g/mol. The van der Waals surface area contributed by atoms with E-state index in [1.807, 2.05) is 0 Å². The van der Waals surface area contributed by atoms with Crippen LogP contribution in [0.5, 0.6) is 0 Å². The van der Waals surface area contributed by atoms with Gasteiger partial charge in [-0.1, -0.05) is 6.42 Å². The molecule has 0 N–H and O–H groups in total. The Morgan fingerprint density at radius 3 is 2.88 bits per heavy atom.